The average Bonchev–Trinajstić information content (AvgIpc) is 2.86. The van der Waals surface area contributed by atoms with Gasteiger partial charge in [0.05, 0.1) is 0 Å². The van der Waals surface area contributed by atoms with Gasteiger partial charge in [0, 0.05) is 26.7 Å². The Morgan fingerprint density at radius 3 is 2.33 bits per heavy atom. The normalized spacial score (nSPS) is 11.6. The largest absolute Gasteiger partial charge is 0.444 e. The Morgan fingerprint density at radius 2 is 1.78 bits per heavy atom. The van der Waals surface area contributed by atoms with Crippen molar-refractivity contribution in [3.8, 4) is 0 Å². The molecule has 156 valence electrons. The number of aromatic nitrogens is 3. The first-order chi connectivity index (χ1) is 12.2. The molecule has 0 aromatic carbocycles. The van der Waals surface area contributed by atoms with Gasteiger partial charge >= 0.3 is 6.09 Å². The Hall–Kier alpha value is -1.59. The topological polar surface area (TPSA) is 105 Å². The van der Waals surface area contributed by atoms with E-state index >= 15 is 0 Å². The Bertz CT molecular complexity index is 597. The second-order valence-corrected chi connectivity index (χ2v) is 7.02. The van der Waals surface area contributed by atoms with Crippen molar-refractivity contribution in [1.82, 2.24) is 30.7 Å². The number of nitrogens with one attached hydrogen (secondary N) is 3. The van der Waals surface area contributed by atoms with Crippen LogP contribution in [0, 0.1) is 6.92 Å². The van der Waals surface area contributed by atoms with Crippen LogP contribution < -0.4 is 16.0 Å². The molecule has 1 rings (SSSR count). The van der Waals surface area contributed by atoms with Crippen LogP contribution >= 0.6 is 24.0 Å². The van der Waals surface area contributed by atoms with Crippen molar-refractivity contribution in [3.05, 3.63) is 11.6 Å². The second-order valence-electron chi connectivity index (χ2n) is 7.02. The molecule has 9 nitrogen and oxygen atoms in total. The minimum atomic E-state index is -0.500. The zero-order valence-electron chi connectivity index (χ0n) is 17.3. The average molecular weight is 495 g/mol. The maximum absolute atomic E-state index is 11.6. The van der Waals surface area contributed by atoms with Gasteiger partial charge in [-0.3, -0.25) is 0 Å². The molecule has 0 fully saturated rings. The summed E-state index contributed by atoms with van der Waals surface area (Å²) in [4.78, 5) is 16.2. The highest BCUT2D eigenvalue weighted by Gasteiger charge is 2.15. The molecule has 1 amide bonds. The predicted molar refractivity (Wildman–Crippen MR) is 117 cm³/mol. The van der Waals surface area contributed by atoms with Gasteiger partial charge in [-0.2, -0.15) is 0 Å². The van der Waals surface area contributed by atoms with Crippen LogP contribution in [0.15, 0.2) is 4.99 Å². The number of carbonyl (C=O) groups excluding carboxylic acids is 1. The lowest BCUT2D eigenvalue weighted by atomic mass is 10.2. The number of carbonyl (C=O) groups is 1. The molecule has 0 aliphatic heterocycles. The zero-order chi connectivity index (χ0) is 19.6. The van der Waals surface area contributed by atoms with Gasteiger partial charge in [-0.25, -0.2) is 9.79 Å². The molecule has 0 saturated heterocycles. The lowest BCUT2D eigenvalue weighted by Gasteiger charge is -2.20. The van der Waals surface area contributed by atoms with E-state index in [-0.39, 0.29) is 24.0 Å². The van der Waals surface area contributed by atoms with Gasteiger partial charge in [-0.1, -0.05) is 13.3 Å². The van der Waals surface area contributed by atoms with Crippen LogP contribution in [0.2, 0.25) is 0 Å². The number of nitrogens with zero attached hydrogens (tertiary/aromatic N) is 4. The highest BCUT2D eigenvalue weighted by molar-refractivity contribution is 14.0. The third-order valence-electron chi connectivity index (χ3n) is 3.47. The summed E-state index contributed by atoms with van der Waals surface area (Å²) in [7, 11) is 1.92. The van der Waals surface area contributed by atoms with E-state index in [4.69, 9.17) is 4.74 Å². The Balaban J connectivity index is 0.00000676. The SMILES string of the molecule is CCCCNC(=NCc1nnc(C)n1C)NCCNC(=O)OC(C)(C)C.I. The molecule has 27 heavy (non-hydrogen) atoms. The van der Waals surface area contributed by atoms with Crippen LogP contribution in [0.4, 0.5) is 4.79 Å². The number of hydrogen-bond donors (Lipinski definition) is 3. The molecular weight excluding hydrogens is 461 g/mol. The summed E-state index contributed by atoms with van der Waals surface area (Å²) < 4.78 is 7.12. The first-order valence-electron chi connectivity index (χ1n) is 9.07. The van der Waals surface area contributed by atoms with Crippen molar-refractivity contribution < 1.29 is 9.53 Å². The van der Waals surface area contributed by atoms with Crippen LogP contribution in [0.25, 0.3) is 0 Å². The Labute approximate surface area is 179 Å². The number of alkyl carbamates (subject to hydrolysis) is 1. The van der Waals surface area contributed by atoms with Crippen LogP contribution in [0.3, 0.4) is 0 Å². The Morgan fingerprint density at radius 1 is 1.15 bits per heavy atom. The number of hydrogen-bond acceptors (Lipinski definition) is 5. The summed E-state index contributed by atoms with van der Waals surface area (Å²) >= 11 is 0. The van der Waals surface area contributed by atoms with E-state index in [1.807, 2.05) is 39.3 Å². The Kier molecular flexibility index (Phi) is 12.0. The molecule has 0 bridgehead atoms. The molecule has 0 spiro atoms. The summed E-state index contributed by atoms with van der Waals surface area (Å²) in [6.07, 6.45) is 1.73. The number of aryl methyl sites for hydroxylation is 1. The van der Waals surface area contributed by atoms with E-state index in [1.165, 1.54) is 0 Å². The maximum Gasteiger partial charge on any atom is 0.407 e. The summed E-state index contributed by atoms with van der Waals surface area (Å²) in [6.45, 7) is 11.8. The minimum Gasteiger partial charge on any atom is -0.444 e. The zero-order valence-corrected chi connectivity index (χ0v) is 19.6. The lowest BCUT2D eigenvalue weighted by Crippen LogP contribution is -2.42. The molecule has 0 aliphatic rings. The molecule has 0 unspecified atom stereocenters. The minimum absolute atomic E-state index is 0. The van der Waals surface area contributed by atoms with Crippen molar-refractivity contribution in [1.29, 1.82) is 0 Å². The van der Waals surface area contributed by atoms with Crippen LogP contribution in [0.1, 0.15) is 52.2 Å². The fourth-order valence-corrected chi connectivity index (χ4v) is 1.96. The monoisotopic (exact) mass is 495 g/mol. The smallest absolute Gasteiger partial charge is 0.407 e. The summed E-state index contributed by atoms with van der Waals surface area (Å²) in [5, 5.41) is 17.3. The van der Waals surface area contributed by atoms with Crippen molar-refractivity contribution >= 4 is 36.0 Å². The molecule has 0 radical (unpaired) electrons. The molecule has 1 aromatic rings. The number of rotatable bonds is 8. The molecule has 0 atom stereocenters. The molecule has 3 N–H and O–H groups in total. The lowest BCUT2D eigenvalue weighted by molar-refractivity contribution is 0.0529. The summed E-state index contributed by atoms with van der Waals surface area (Å²) in [5.74, 6) is 2.33. The molecule has 1 aromatic heterocycles. The molecular formula is C17H34IN7O2. The number of halogens is 1. The quantitative estimate of drug-likeness (QED) is 0.221. The number of guanidine groups is 1. The number of aliphatic imine (C=N–C) groups is 1. The van der Waals surface area contributed by atoms with Gasteiger partial charge in [0.1, 0.15) is 18.0 Å². The molecule has 1 heterocycles. The fourth-order valence-electron chi connectivity index (χ4n) is 1.96. The third-order valence-corrected chi connectivity index (χ3v) is 3.47. The van der Waals surface area contributed by atoms with Gasteiger partial charge < -0.3 is 25.3 Å². The maximum atomic E-state index is 11.6. The van der Waals surface area contributed by atoms with E-state index in [1.54, 1.807) is 0 Å². The summed E-state index contributed by atoms with van der Waals surface area (Å²) in [6, 6.07) is 0. The standard InChI is InChI=1S/C17H33N7O2.HI/c1-7-8-9-18-15(21-12-14-23-22-13(2)24(14)6)19-10-11-20-16(25)26-17(3,4)5;/h7-12H2,1-6H3,(H,20,25)(H2,18,19,21);1H. The van der Waals surface area contributed by atoms with Crippen molar-refractivity contribution in [2.45, 2.75) is 59.6 Å². The summed E-state index contributed by atoms with van der Waals surface area (Å²) in [5.41, 5.74) is -0.500. The first-order valence-corrected chi connectivity index (χ1v) is 9.07. The third kappa shape index (κ3) is 11.0. The van der Waals surface area contributed by atoms with Crippen molar-refractivity contribution in [3.63, 3.8) is 0 Å². The van der Waals surface area contributed by atoms with Crippen LogP contribution in [0.5, 0.6) is 0 Å². The van der Waals surface area contributed by atoms with Gasteiger partial charge in [0.2, 0.25) is 0 Å². The van der Waals surface area contributed by atoms with E-state index in [0.29, 0.717) is 25.6 Å². The number of unbranched alkanes of at least 4 members (excludes halogenated alkanes) is 1. The van der Waals surface area contributed by atoms with Gasteiger partial charge in [0.15, 0.2) is 11.8 Å². The van der Waals surface area contributed by atoms with E-state index in [2.05, 4.69) is 38.1 Å². The number of ether oxygens (including phenoxy) is 1. The van der Waals surface area contributed by atoms with Crippen LogP contribution in [-0.4, -0.2) is 52.1 Å². The predicted octanol–water partition coefficient (Wildman–Crippen LogP) is 2.10. The highest BCUT2D eigenvalue weighted by Crippen LogP contribution is 2.06. The molecule has 10 heteroatoms. The highest BCUT2D eigenvalue weighted by atomic mass is 127. The van der Waals surface area contributed by atoms with Gasteiger partial charge in [-0.05, 0) is 34.1 Å². The van der Waals surface area contributed by atoms with E-state index < -0.39 is 11.7 Å². The van der Waals surface area contributed by atoms with Gasteiger partial charge in [0.25, 0.3) is 0 Å². The van der Waals surface area contributed by atoms with Gasteiger partial charge in [-0.15, -0.1) is 34.2 Å². The second kappa shape index (κ2) is 12.7. The molecule has 0 aliphatic carbocycles. The van der Waals surface area contributed by atoms with Crippen molar-refractivity contribution in [2.75, 3.05) is 19.6 Å². The molecule has 0 saturated carbocycles. The van der Waals surface area contributed by atoms with E-state index in [0.717, 1.165) is 31.0 Å². The van der Waals surface area contributed by atoms with Crippen LogP contribution in [-0.2, 0) is 18.3 Å². The first kappa shape index (κ1) is 25.4. The van der Waals surface area contributed by atoms with E-state index in [9.17, 15) is 4.79 Å². The fraction of sp³-hybridized carbons (Fsp3) is 0.765. The van der Waals surface area contributed by atoms with Crippen molar-refractivity contribution in [2.24, 2.45) is 12.0 Å². The number of amides is 1.